The van der Waals surface area contributed by atoms with Gasteiger partial charge in [0.2, 0.25) is 0 Å². The zero-order chi connectivity index (χ0) is 11.6. The van der Waals surface area contributed by atoms with Crippen LogP contribution in [-0.4, -0.2) is 5.11 Å². The Bertz CT molecular complexity index is 336. The van der Waals surface area contributed by atoms with Gasteiger partial charge >= 0.3 is 0 Å². The average molecular weight is 222 g/mol. The lowest BCUT2D eigenvalue weighted by Crippen LogP contribution is -2.28. The molecule has 88 valence electrons. The van der Waals surface area contributed by atoms with Gasteiger partial charge in [-0.25, -0.2) is 4.39 Å². The summed E-state index contributed by atoms with van der Waals surface area (Å²) in [7, 11) is 0. The van der Waals surface area contributed by atoms with Gasteiger partial charge in [-0.1, -0.05) is 31.4 Å². The highest BCUT2D eigenvalue weighted by Crippen LogP contribution is 2.42. The van der Waals surface area contributed by atoms with Crippen molar-refractivity contribution in [3.05, 3.63) is 29.8 Å². The lowest BCUT2D eigenvalue weighted by molar-refractivity contribution is 0.0725. The molecule has 0 heterocycles. The molecule has 2 heteroatoms. The summed E-state index contributed by atoms with van der Waals surface area (Å²) in [6, 6.07) is 6.53. The highest BCUT2D eigenvalue weighted by Gasteiger charge is 2.36. The summed E-state index contributed by atoms with van der Waals surface area (Å²) in [6.07, 6.45) is 5.48. The van der Waals surface area contributed by atoms with Crippen molar-refractivity contribution in [3.63, 3.8) is 0 Å². The van der Waals surface area contributed by atoms with E-state index in [0.717, 1.165) is 25.7 Å². The average Bonchev–Trinajstić information content (AvgIpc) is 2.31. The molecule has 1 fully saturated rings. The molecule has 2 rings (SSSR count). The Kier molecular flexibility index (Phi) is 3.17. The maximum absolute atomic E-state index is 14.8. The van der Waals surface area contributed by atoms with E-state index >= 15 is 0 Å². The van der Waals surface area contributed by atoms with E-state index in [1.165, 1.54) is 6.42 Å². The third-order valence-corrected chi connectivity index (χ3v) is 3.80. The molecule has 0 aromatic heterocycles. The molecular formula is C14H19FO. The van der Waals surface area contributed by atoms with E-state index < -0.39 is 5.67 Å². The van der Waals surface area contributed by atoms with Crippen LogP contribution in [0.4, 0.5) is 4.39 Å². The lowest BCUT2D eigenvalue weighted by Gasteiger charge is -2.33. The summed E-state index contributed by atoms with van der Waals surface area (Å²) in [6.45, 7) is 1.68. The molecule has 1 aliphatic carbocycles. The zero-order valence-corrected chi connectivity index (χ0v) is 9.75. The van der Waals surface area contributed by atoms with Gasteiger partial charge in [0.25, 0.3) is 0 Å². The Hall–Kier alpha value is -1.05. The number of hydrogen-bond acceptors (Lipinski definition) is 1. The molecule has 0 radical (unpaired) electrons. The lowest BCUT2D eigenvalue weighted by atomic mass is 9.76. The van der Waals surface area contributed by atoms with E-state index in [9.17, 15) is 9.50 Å². The second-order valence-corrected chi connectivity index (χ2v) is 4.96. The van der Waals surface area contributed by atoms with Gasteiger partial charge in [-0.15, -0.1) is 0 Å². The number of phenolic OH excluding ortho intramolecular Hbond substituents is 1. The number of hydrogen-bond donors (Lipinski definition) is 1. The van der Waals surface area contributed by atoms with Gasteiger partial charge in [-0.05, 0) is 43.4 Å². The standard InChI is InChI=1S/C14H19FO/c1-14(15,11-5-3-2-4-6-11)12-7-9-13(16)10-8-12/h7-11,16H,2-6H2,1H3. The fraction of sp³-hybridized carbons (Fsp3) is 0.571. The first-order valence-electron chi connectivity index (χ1n) is 6.09. The van der Waals surface area contributed by atoms with E-state index in [2.05, 4.69) is 0 Å². The van der Waals surface area contributed by atoms with Crippen LogP contribution in [0, 0.1) is 5.92 Å². The fourth-order valence-electron chi connectivity index (χ4n) is 2.67. The minimum absolute atomic E-state index is 0.130. The van der Waals surface area contributed by atoms with E-state index in [4.69, 9.17) is 0 Å². The number of phenols is 1. The van der Waals surface area contributed by atoms with Gasteiger partial charge < -0.3 is 5.11 Å². The van der Waals surface area contributed by atoms with E-state index in [1.54, 1.807) is 31.2 Å². The number of alkyl halides is 1. The van der Waals surface area contributed by atoms with Gasteiger partial charge in [-0.2, -0.15) is 0 Å². The summed E-state index contributed by atoms with van der Waals surface area (Å²) in [4.78, 5) is 0. The Morgan fingerprint density at radius 2 is 1.69 bits per heavy atom. The SMILES string of the molecule is CC(F)(c1ccc(O)cc1)C1CCCCC1. The van der Waals surface area contributed by atoms with Gasteiger partial charge in [0.15, 0.2) is 0 Å². The van der Waals surface area contributed by atoms with Gasteiger partial charge in [0, 0.05) is 0 Å². The third-order valence-electron chi connectivity index (χ3n) is 3.80. The highest BCUT2D eigenvalue weighted by molar-refractivity contribution is 5.30. The molecule has 16 heavy (non-hydrogen) atoms. The summed E-state index contributed by atoms with van der Waals surface area (Å²) < 4.78 is 14.8. The van der Waals surface area contributed by atoms with Crippen LogP contribution in [0.3, 0.4) is 0 Å². The van der Waals surface area contributed by atoms with Gasteiger partial charge in [0.1, 0.15) is 11.4 Å². The molecular weight excluding hydrogens is 203 g/mol. The summed E-state index contributed by atoms with van der Waals surface area (Å²) in [5, 5.41) is 9.21. The van der Waals surface area contributed by atoms with Crippen molar-refractivity contribution >= 4 is 0 Å². The molecule has 0 aliphatic heterocycles. The minimum Gasteiger partial charge on any atom is -0.508 e. The van der Waals surface area contributed by atoms with Crippen molar-refractivity contribution in [1.82, 2.24) is 0 Å². The van der Waals surface area contributed by atoms with Crippen molar-refractivity contribution in [1.29, 1.82) is 0 Å². The predicted octanol–water partition coefficient (Wildman–Crippen LogP) is 4.16. The van der Waals surface area contributed by atoms with E-state index in [0.29, 0.717) is 5.56 Å². The zero-order valence-electron chi connectivity index (χ0n) is 9.75. The first-order valence-corrected chi connectivity index (χ1v) is 6.09. The maximum atomic E-state index is 14.8. The van der Waals surface area contributed by atoms with Crippen LogP contribution in [0.5, 0.6) is 5.75 Å². The van der Waals surface area contributed by atoms with Crippen molar-refractivity contribution in [3.8, 4) is 5.75 Å². The van der Waals surface area contributed by atoms with Crippen molar-refractivity contribution < 1.29 is 9.50 Å². The van der Waals surface area contributed by atoms with Crippen molar-refractivity contribution in [2.75, 3.05) is 0 Å². The van der Waals surface area contributed by atoms with Crippen LogP contribution in [0.1, 0.15) is 44.6 Å². The normalized spacial score (nSPS) is 21.6. The Labute approximate surface area is 96.3 Å². The molecule has 1 aliphatic rings. The van der Waals surface area contributed by atoms with Crippen LogP contribution in [0.15, 0.2) is 24.3 Å². The highest BCUT2D eigenvalue weighted by atomic mass is 19.1. The van der Waals surface area contributed by atoms with Gasteiger partial charge in [0.05, 0.1) is 0 Å². The van der Waals surface area contributed by atoms with Crippen LogP contribution < -0.4 is 0 Å². The summed E-state index contributed by atoms with van der Waals surface area (Å²) in [5.74, 6) is 0.328. The number of halogens is 1. The number of benzene rings is 1. The second-order valence-electron chi connectivity index (χ2n) is 4.96. The summed E-state index contributed by atoms with van der Waals surface area (Å²) >= 11 is 0. The maximum Gasteiger partial charge on any atom is 0.136 e. The number of rotatable bonds is 2. The molecule has 1 aromatic carbocycles. The molecule has 0 spiro atoms. The van der Waals surface area contributed by atoms with Gasteiger partial charge in [-0.3, -0.25) is 0 Å². The Morgan fingerprint density at radius 3 is 2.25 bits per heavy atom. The van der Waals surface area contributed by atoms with Crippen LogP contribution >= 0.6 is 0 Å². The van der Waals surface area contributed by atoms with E-state index in [-0.39, 0.29) is 11.7 Å². The van der Waals surface area contributed by atoms with Crippen LogP contribution in [0.2, 0.25) is 0 Å². The molecule has 1 unspecified atom stereocenters. The monoisotopic (exact) mass is 222 g/mol. The third kappa shape index (κ3) is 2.21. The molecule has 1 nitrogen and oxygen atoms in total. The molecule has 0 saturated heterocycles. The predicted molar refractivity (Wildman–Crippen MR) is 63.1 cm³/mol. The van der Waals surface area contributed by atoms with Crippen LogP contribution in [-0.2, 0) is 5.67 Å². The largest absolute Gasteiger partial charge is 0.508 e. The Balaban J connectivity index is 2.19. The molecule has 0 bridgehead atoms. The van der Waals surface area contributed by atoms with Crippen molar-refractivity contribution in [2.45, 2.75) is 44.7 Å². The Morgan fingerprint density at radius 1 is 1.12 bits per heavy atom. The topological polar surface area (TPSA) is 20.2 Å². The van der Waals surface area contributed by atoms with Crippen molar-refractivity contribution in [2.24, 2.45) is 5.92 Å². The minimum atomic E-state index is -1.26. The molecule has 1 atom stereocenters. The van der Waals surface area contributed by atoms with Crippen LogP contribution in [0.25, 0.3) is 0 Å². The number of aromatic hydroxyl groups is 1. The smallest absolute Gasteiger partial charge is 0.136 e. The summed E-state index contributed by atoms with van der Waals surface area (Å²) in [5.41, 5.74) is -0.564. The van der Waals surface area contributed by atoms with E-state index in [1.807, 2.05) is 0 Å². The molecule has 1 aromatic rings. The first kappa shape index (κ1) is 11.4. The molecule has 1 N–H and O–H groups in total. The fourth-order valence-corrected chi connectivity index (χ4v) is 2.67. The molecule has 1 saturated carbocycles. The first-order chi connectivity index (χ1) is 7.60. The molecule has 0 amide bonds. The quantitative estimate of drug-likeness (QED) is 0.796. The second kappa shape index (κ2) is 4.44.